The van der Waals surface area contributed by atoms with Gasteiger partial charge in [-0.2, -0.15) is 0 Å². The predicted molar refractivity (Wildman–Crippen MR) is 67.7 cm³/mol. The van der Waals surface area contributed by atoms with Crippen molar-refractivity contribution in [3.8, 4) is 5.75 Å². The minimum atomic E-state index is -0.309. The average molecular weight is 215 g/mol. The van der Waals surface area contributed by atoms with Gasteiger partial charge in [-0.1, -0.05) is 36.4 Å². The molecular weight excluding hydrogens is 198 g/mol. The molecule has 0 aromatic heterocycles. The van der Waals surface area contributed by atoms with Crippen molar-refractivity contribution in [1.82, 2.24) is 0 Å². The van der Waals surface area contributed by atoms with E-state index in [-0.39, 0.29) is 5.54 Å². The highest BCUT2D eigenvalue weighted by Crippen LogP contribution is 2.25. The summed E-state index contributed by atoms with van der Waals surface area (Å²) in [5, 5.41) is 2.32. The van der Waals surface area contributed by atoms with Gasteiger partial charge in [0.25, 0.3) is 0 Å². The van der Waals surface area contributed by atoms with Crippen LogP contribution >= 0.6 is 0 Å². The van der Waals surface area contributed by atoms with E-state index in [4.69, 9.17) is 10.5 Å². The van der Waals surface area contributed by atoms with Crippen LogP contribution in [0.3, 0.4) is 0 Å². The molecule has 2 rings (SSSR count). The second kappa shape index (κ2) is 4.14. The molecule has 0 amide bonds. The van der Waals surface area contributed by atoms with Crippen LogP contribution in [0.15, 0.2) is 42.5 Å². The molecule has 0 aliphatic carbocycles. The van der Waals surface area contributed by atoms with E-state index >= 15 is 0 Å². The van der Waals surface area contributed by atoms with E-state index in [2.05, 4.69) is 18.2 Å². The Bertz CT molecular complexity index is 480. The summed E-state index contributed by atoms with van der Waals surface area (Å²) < 4.78 is 5.76. The van der Waals surface area contributed by atoms with Gasteiger partial charge in [0, 0.05) is 10.9 Å². The van der Waals surface area contributed by atoms with Crippen molar-refractivity contribution >= 4 is 10.8 Å². The van der Waals surface area contributed by atoms with Crippen molar-refractivity contribution in [2.75, 3.05) is 6.61 Å². The summed E-state index contributed by atoms with van der Waals surface area (Å²) >= 11 is 0. The van der Waals surface area contributed by atoms with Gasteiger partial charge >= 0.3 is 0 Å². The summed E-state index contributed by atoms with van der Waals surface area (Å²) in [6.07, 6.45) is 0. The molecule has 2 N–H and O–H groups in total. The van der Waals surface area contributed by atoms with E-state index < -0.39 is 0 Å². The van der Waals surface area contributed by atoms with Gasteiger partial charge in [0.15, 0.2) is 0 Å². The summed E-state index contributed by atoms with van der Waals surface area (Å²) in [7, 11) is 0. The molecule has 2 aromatic rings. The smallest absolute Gasteiger partial charge is 0.127 e. The van der Waals surface area contributed by atoms with Crippen LogP contribution < -0.4 is 10.5 Å². The largest absolute Gasteiger partial charge is 0.491 e. The first-order valence-electron chi connectivity index (χ1n) is 5.46. The number of nitrogens with two attached hydrogens (primary N) is 1. The van der Waals surface area contributed by atoms with Crippen LogP contribution in [0.2, 0.25) is 0 Å². The summed E-state index contributed by atoms with van der Waals surface area (Å²) in [5.74, 6) is 0.900. The predicted octanol–water partition coefficient (Wildman–Crippen LogP) is 2.96. The summed E-state index contributed by atoms with van der Waals surface area (Å²) in [4.78, 5) is 0. The number of benzene rings is 2. The zero-order chi connectivity index (χ0) is 11.6. The Morgan fingerprint density at radius 3 is 2.50 bits per heavy atom. The first-order chi connectivity index (χ1) is 7.56. The molecule has 0 bridgehead atoms. The van der Waals surface area contributed by atoms with Crippen LogP contribution in [0.4, 0.5) is 0 Å². The maximum absolute atomic E-state index is 5.90. The van der Waals surface area contributed by atoms with E-state index in [1.54, 1.807) is 0 Å². The first-order valence-corrected chi connectivity index (χ1v) is 5.46. The van der Waals surface area contributed by atoms with Crippen molar-refractivity contribution in [3.63, 3.8) is 0 Å². The lowest BCUT2D eigenvalue weighted by Crippen LogP contribution is -2.38. The molecular formula is C14H17NO. The van der Waals surface area contributed by atoms with Crippen molar-refractivity contribution < 1.29 is 4.74 Å². The zero-order valence-electron chi connectivity index (χ0n) is 9.73. The van der Waals surface area contributed by atoms with E-state index in [0.717, 1.165) is 11.1 Å². The third-order valence-electron chi connectivity index (χ3n) is 2.35. The number of rotatable bonds is 3. The Balaban J connectivity index is 2.30. The van der Waals surface area contributed by atoms with Crippen LogP contribution in [-0.4, -0.2) is 12.1 Å². The van der Waals surface area contributed by atoms with E-state index in [9.17, 15) is 0 Å². The van der Waals surface area contributed by atoms with Gasteiger partial charge in [-0.05, 0) is 25.3 Å². The maximum atomic E-state index is 5.90. The minimum Gasteiger partial charge on any atom is -0.491 e. The lowest BCUT2D eigenvalue weighted by Gasteiger charge is -2.19. The summed E-state index contributed by atoms with van der Waals surface area (Å²) in [6, 6.07) is 14.2. The third-order valence-corrected chi connectivity index (χ3v) is 2.35. The number of hydrogen-bond donors (Lipinski definition) is 1. The molecule has 0 saturated carbocycles. The van der Waals surface area contributed by atoms with Gasteiger partial charge < -0.3 is 10.5 Å². The van der Waals surface area contributed by atoms with E-state index in [0.29, 0.717) is 6.61 Å². The van der Waals surface area contributed by atoms with Gasteiger partial charge in [0.1, 0.15) is 12.4 Å². The summed E-state index contributed by atoms with van der Waals surface area (Å²) in [5.41, 5.74) is 5.59. The van der Waals surface area contributed by atoms with Crippen LogP contribution in [-0.2, 0) is 0 Å². The molecule has 0 atom stereocenters. The molecule has 16 heavy (non-hydrogen) atoms. The van der Waals surface area contributed by atoms with Gasteiger partial charge in [-0.25, -0.2) is 0 Å². The van der Waals surface area contributed by atoms with Crippen LogP contribution in [0.1, 0.15) is 13.8 Å². The summed E-state index contributed by atoms with van der Waals surface area (Å²) in [6.45, 7) is 4.43. The van der Waals surface area contributed by atoms with Gasteiger partial charge in [-0.15, -0.1) is 0 Å². The van der Waals surface area contributed by atoms with Crippen LogP contribution in [0.5, 0.6) is 5.75 Å². The molecule has 0 aliphatic heterocycles. The molecule has 0 spiro atoms. The highest BCUT2D eigenvalue weighted by Gasteiger charge is 2.12. The Kier molecular flexibility index (Phi) is 2.84. The highest BCUT2D eigenvalue weighted by molar-refractivity contribution is 5.88. The normalized spacial score (nSPS) is 11.7. The SMILES string of the molecule is CC(C)(N)COc1cccc2ccccc12. The highest BCUT2D eigenvalue weighted by atomic mass is 16.5. The average Bonchev–Trinajstić information content (AvgIpc) is 2.25. The topological polar surface area (TPSA) is 35.2 Å². The number of ether oxygens (including phenoxy) is 1. The molecule has 0 heterocycles. The Morgan fingerprint density at radius 2 is 1.75 bits per heavy atom. The lowest BCUT2D eigenvalue weighted by molar-refractivity contribution is 0.246. The van der Waals surface area contributed by atoms with Gasteiger partial charge in [0.05, 0.1) is 0 Å². The molecule has 0 fully saturated rings. The Hall–Kier alpha value is -1.54. The number of hydrogen-bond acceptors (Lipinski definition) is 2. The lowest BCUT2D eigenvalue weighted by atomic mass is 10.1. The van der Waals surface area contributed by atoms with Gasteiger partial charge in [-0.3, -0.25) is 0 Å². The maximum Gasteiger partial charge on any atom is 0.127 e. The zero-order valence-corrected chi connectivity index (χ0v) is 9.73. The van der Waals surface area contributed by atoms with Crippen molar-refractivity contribution in [3.05, 3.63) is 42.5 Å². The monoisotopic (exact) mass is 215 g/mol. The quantitative estimate of drug-likeness (QED) is 0.854. The van der Waals surface area contributed by atoms with Crippen LogP contribution in [0, 0.1) is 0 Å². The minimum absolute atomic E-state index is 0.309. The molecule has 2 nitrogen and oxygen atoms in total. The molecule has 0 radical (unpaired) electrons. The molecule has 0 unspecified atom stereocenters. The van der Waals surface area contributed by atoms with Crippen LogP contribution in [0.25, 0.3) is 10.8 Å². The Morgan fingerprint density at radius 1 is 1.06 bits per heavy atom. The second-order valence-electron chi connectivity index (χ2n) is 4.75. The first kappa shape index (κ1) is 11.0. The van der Waals surface area contributed by atoms with Crippen molar-refractivity contribution in [2.45, 2.75) is 19.4 Å². The molecule has 84 valence electrons. The molecule has 2 heteroatoms. The van der Waals surface area contributed by atoms with Crippen molar-refractivity contribution in [1.29, 1.82) is 0 Å². The molecule has 2 aromatic carbocycles. The number of fused-ring (bicyclic) bond motifs is 1. The standard InChI is InChI=1S/C14H17NO/c1-14(2,15)10-16-13-9-5-7-11-6-3-4-8-12(11)13/h3-9H,10,15H2,1-2H3. The third kappa shape index (κ3) is 2.52. The van der Waals surface area contributed by atoms with Crippen molar-refractivity contribution in [2.24, 2.45) is 5.73 Å². The fraction of sp³-hybridized carbons (Fsp3) is 0.286. The Labute approximate surface area is 96.0 Å². The van der Waals surface area contributed by atoms with E-state index in [1.165, 1.54) is 5.39 Å². The fourth-order valence-electron chi connectivity index (χ4n) is 1.59. The molecule has 0 aliphatic rings. The van der Waals surface area contributed by atoms with Gasteiger partial charge in [0.2, 0.25) is 0 Å². The second-order valence-corrected chi connectivity index (χ2v) is 4.75. The fourth-order valence-corrected chi connectivity index (χ4v) is 1.59. The van der Waals surface area contributed by atoms with E-state index in [1.807, 2.05) is 38.1 Å². The molecule has 0 saturated heterocycles.